The van der Waals surface area contributed by atoms with Gasteiger partial charge >= 0.3 is 5.97 Å². The molecular weight excluding hydrogens is 379 g/mol. The van der Waals surface area contributed by atoms with Gasteiger partial charge in [0.25, 0.3) is 5.56 Å². The lowest BCUT2D eigenvalue weighted by Crippen LogP contribution is -2.50. The molecule has 0 saturated heterocycles. The third kappa shape index (κ3) is 5.37. The van der Waals surface area contributed by atoms with Crippen molar-refractivity contribution < 1.29 is 23.9 Å². The van der Waals surface area contributed by atoms with Gasteiger partial charge in [0.2, 0.25) is 5.91 Å². The van der Waals surface area contributed by atoms with Crippen LogP contribution in [0.3, 0.4) is 0 Å². The number of aliphatic carboxylic acids is 1. The van der Waals surface area contributed by atoms with Gasteiger partial charge < -0.3 is 15.0 Å². The largest absolute Gasteiger partial charge is 0.479 e. The fourth-order valence-electron chi connectivity index (χ4n) is 3.09. The minimum absolute atomic E-state index is 0.174. The van der Waals surface area contributed by atoms with Crippen molar-refractivity contribution in [1.29, 1.82) is 0 Å². The topological polar surface area (TPSA) is 105 Å². The van der Waals surface area contributed by atoms with Crippen LogP contribution in [0, 0.1) is 5.92 Å². The van der Waals surface area contributed by atoms with Crippen LogP contribution >= 0.6 is 0 Å². The highest BCUT2D eigenvalue weighted by Gasteiger charge is 2.33. The van der Waals surface area contributed by atoms with Crippen LogP contribution in [0.25, 0.3) is 0 Å². The third-order valence-corrected chi connectivity index (χ3v) is 4.52. The predicted molar refractivity (Wildman–Crippen MR) is 104 cm³/mol. The van der Waals surface area contributed by atoms with E-state index in [0.29, 0.717) is 6.54 Å². The Morgan fingerprint density at radius 3 is 2.31 bits per heavy atom. The second-order valence-corrected chi connectivity index (χ2v) is 6.98. The maximum atomic E-state index is 13.0. The number of nitrogens with one attached hydrogen (secondary N) is 1. The van der Waals surface area contributed by atoms with E-state index in [1.807, 2.05) is 30.3 Å². The minimum Gasteiger partial charge on any atom is -0.479 e. The molecule has 0 aliphatic rings. The maximum Gasteiger partial charge on any atom is 0.334 e. The highest BCUT2D eigenvalue weighted by atomic mass is 19.1. The minimum atomic E-state index is -2.00. The fourth-order valence-corrected chi connectivity index (χ4v) is 3.09. The molecule has 1 amide bonds. The molecule has 0 fully saturated rings. The first kappa shape index (κ1) is 22.0. The molecule has 2 unspecified atom stereocenters. The number of hydrogen-bond acceptors (Lipinski definition) is 4. The van der Waals surface area contributed by atoms with Gasteiger partial charge in [0.05, 0.1) is 12.5 Å². The lowest BCUT2D eigenvalue weighted by atomic mass is 9.88. The summed E-state index contributed by atoms with van der Waals surface area (Å²) >= 11 is 0. The number of rotatable bonds is 9. The monoisotopic (exact) mass is 402 g/mol. The first-order chi connectivity index (χ1) is 13.8. The third-order valence-electron chi connectivity index (χ3n) is 4.52. The van der Waals surface area contributed by atoms with Crippen molar-refractivity contribution in [2.45, 2.75) is 32.4 Å². The summed E-state index contributed by atoms with van der Waals surface area (Å²) in [7, 11) is 0. The van der Waals surface area contributed by atoms with Crippen molar-refractivity contribution in [2.24, 2.45) is 5.92 Å². The van der Waals surface area contributed by atoms with Gasteiger partial charge in [-0.05, 0) is 17.5 Å². The van der Waals surface area contributed by atoms with Crippen LogP contribution in [0.5, 0.6) is 0 Å². The van der Waals surface area contributed by atoms with Gasteiger partial charge in [-0.2, -0.15) is 0 Å². The van der Waals surface area contributed by atoms with Crippen LogP contribution in [-0.4, -0.2) is 40.0 Å². The summed E-state index contributed by atoms with van der Waals surface area (Å²) < 4.78 is 14.1. The molecule has 0 radical (unpaired) electrons. The number of halogens is 1. The number of carbonyl (C=O) groups excluding carboxylic acids is 2. The van der Waals surface area contributed by atoms with Gasteiger partial charge in [0, 0.05) is 11.8 Å². The molecule has 2 atom stereocenters. The lowest BCUT2D eigenvalue weighted by Gasteiger charge is -2.22. The van der Waals surface area contributed by atoms with Crippen molar-refractivity contribution in [3.05, 3.63) is 70.1 Å². The zero-order chi connectivity index (χ0) is 21.6. The number of pyridine rings is 1. The molecule has 8 heteroatoms. The number of ketones is 1. The average molecular weight is 402 g/mol. The second kappa shape index (κ2) is 9.77. The molecule has 0 saturated carbocycles. The van der Waals surface area contributed by atoms with E-state index in [4.69, 9.17) is 5.11 Å². The first-order valence-electron chi connectivity index (χ1n) is 9.11. The molecule has 0 spiro atoms. The van der Waals surface area contributed by atoms with Gasteiger partial charge in [-0.3, -0.25) is 14.4 Å². The molecule has 0 bridgehead atoms. The normalized spacial score (nSPS) is 13.0. The summed E-state index contributed by atoms with van der Waals surface area (Å²) in [4.78, 5) is 48.4. The maximum absolute atomic E-state index is 13.0. The zero-order valence-corrected chi connectivity index (χ0v) is 16.2. The smallest absolute Gasteiger partial charge is 0.334 e. The van der Waals surface area contributed by atoms with Gasteiger partial charge in [-0.25, -0.2) is 9.18 Å². The molecule has 1 heterocycles. The highest BCUT2D eigenvalue weighted by Crippen LogP contribution is 2.22. The first-order valence-corrected chi connectivity index (χ1v) is 9.11. The standard InChI is InChI=1S/C21H23FN2O5/c1-13(2)17(19(26)23-18(21(28)29)16(25)11-22)15-9-6-10-24(20(15)27)12-14-7-4-3-5-8-14/h3-10,13,17-18H,11-12H2,1-2H3,(H,23,26)(H,28,29). The summed E-state index contributed by atoms with van der Waals surface area (Å²) in [5.74, 6) is -5.10. The predicted octanol–water partition coefficient (Wildman–Crippen LogP) is 1.74. The summed E-state index contributed by atoms with van der Waals surface area (Å²) in [5.41, 5.74) is 0.679. The van der Waals surface area contributed by atoms with Crippen molar-refractivity contribution in [1.82, 2.24) is 9.88 Å². The Labute approximate surface area is 167 Å². The van der Waals surface area contributed by atoms with E-state index in [-0.39, 0.29) is 11.5 Å². The zero-order valence-electron chi connectivity index (χ0n) is 16.2. The van der Waals surface area contributed by atoms with E-state index >= 15 is 0 Å². The van der Waals surface area contributed by atoms with Gasteiger partial charge in [0.1, 0.15) is 0 Å². The molecule has 29 heavy (non-hydrogen) atoms. The molecule has 2 rings (SSSR count). The molecule has 2 aromatic rings. The Balaban J connectivity index is 2.36. The molecule has 2 N–H and O–H groups in total. The summed E-state index contributed by atoms with van der Waals surface area (Å²) in [6, 6.07) is 10.4. The van der Waals surface area contributed by atoms with Crippen molar-refractivity contribution in [2.75, 3.05) is 6.67 Å². The number of benzene rings is 1. The number of amides is 1. The molecule has 1 aromatic carbocycles. The van der Waals surface area contributed by atoms with Gasteiger partial charge in [-0.1, -0.05) is 50.2 Å². The van der Waals surface area contributed by atoms with Gasteiger partial charge in [0.15, 0.2) is 18.5 Å². The lowest BCUT2D eigenvalue weighted by molar-refractivity contribution is -0.146. The number of carboxylic acids is 1. The van der Waals surface area contributed by atoms with E-state index in [2.05, 4.69) is 5.32 Å². The number of nitrogens with zero attached hydrogens (tertiary/aromatic N) is 1. The molecule has 1 aromatic heterocycles. The Kier molecular flexibility index (Phi) is 7.41. The molecular formula is C21H23FN2O5. The molecule has 0 aliphatic carbocycles. The Morgan fingerprint density at radius 1 is 1.10 bits per heavy atom. The quantitative estimate of drug-likeness (QED) is 0.622. The molecule has 154 valence electrons. The molecule has 7 nitrogen and oxygen atoms in total. The van der Waals surface area contributed by atoms with Crippen LogP contribution in [-0.2, 0) is 20.9 Å². The summed E-state index contributed by atoms with van der Waals surface area (Å²) in [5, 5.41) is 11.2. The number of alkyl halides is 1. The van der Waals surface area contributed by atoms with E-state index in [0.717, 1.165) is 5.56 Å². The summed E-state index contributed by atoms with van der Waals surface area (Å²) in [6.07, 6.45) is 1.60. The van der Waals surface area contributed by atoms with Crippen LogP contribution in [0.2, 0.25) is 0 Å². The van der Waals surface area contributed by atoms with Crippen LogP contribution in [0.15, 0.2) is 53.5 Å². The van der Waals surface area contributed by atoms with Crippen molar-refractivity contribution in [3.63, 3.8) is 0 Å². The van der Waals surface area contributed by atoms with E-state index < -0.39 is 41.9 Å². The fraction of sp³-hybridized carbons (Fsp3) is 0.333. The number of aromatic nitrogens is 1. The van der Waals surface area contributed by atoms with E-state index in [1.54, 1.807) is 26.1 Å². The average Bonchev–Trinajstić information content (AvgIpc) is 2.69. The van der Waals surface area contributed by atoms with Crippen LogP contribution in [0.4, 0.5) is 4.39 Å². The van der Waals surface area contributed by atoms with Crippen LogP contribution in [0.1, 0.15) is 30.9 Å². The Morgan fingerprint density at radius 2 is 1.76 bits per heavy atom. The highest BCUT2D eigenvalue weighted by molar-refractivity contribution is 6.06. The number of carbonyl (C=O) groups is 3. The van der Waals surface area contributed by atoms with Crippen molar-refractivity contribution >= 4 is 17.7 Å². The Hall–Kier alpha value is -3.29. The van der Waals surface area contributed by atoms with E-state index in [1.165, 1.54) is 10.6 Å². The number of hydrogen-bond donors (Lipinski definition) is 2. The number of Topliss-reactive ketones (excluding diaryl/α,β-unsaturated/α-hetero) is 1. The van der Waals surface area contributed by atoms with Crippen molar-refractivity contribution in [3.8, 4) is 0 Å². The second-order valence-electron chi connectivity index (χ2n) is 6.98. The SMILES string of the molecule is CC(C)C(C(=O)NC(C(=O)O)C(=O)CF)c1cccn(Cc2ccccc2)c1=O. The van der Waals surface area contributed by atoms with Crippen LogP contribution < -0.4 is 10.9 Å². The number of carboxylic acid groups (broad SMARTS) is 1. The molecule has 0 aliphatic heterocycles. The Bertz CT molecular complexity index is 940. The van der Waals surface area contributed by atoms with E-state index in [9.17, 15) is 23.6 Å². The summed E-state index contributed by atoms with van der Waals surface area (Å²) in [6.45, 7) is 2.19. The van der Waals surface area contributed by atoms with Gasteiger partial charge in [-0.15, -0.1) is 0 Å².